The lowest BCUT2D eigenvalue weighted by molar-refractivity contribution is -0.384. The number of imidazole rings is 1. The van der Waals surface area contributed by atoms with E-state index in [0.717, 1.165) is 13.1 Å². The van der Waals surface area contributed by atoms with Gasteiger partial charge in [-0.1, -0.05) is 0 Å². The van der Waals surface area contributed by atoms with Gasteiger partial charge >= 0.3 is 0 Å². The van der Waals surface area contributed by atoms with Crippen molar-refractivity contribution < 1.29 is 19.2 Å². The molecule has 0 unspecified atom stereocenters. The number of methoxy groups -OCH3 is 2. The first-order valence-electron chi connectivity index (χ1n) is 11.8. The van der Waals surface area contributed by atoms with Gasteiger partial charge in [0.1, 0.15) is 17.5 Å². The molecule has 2 aromatic heterocycles. The maximum Gasteiger partial charge on any atom is 0.294 e. The zero-order valence-electron chi connectivity index (χ0n) is 21.1. The molecule has 0 saturated carbocycles. The molecular weight excluding hydrogens is 492 g/mol. The van der Waals surface area contributed by atoms with Gasteiger partial charge < -0.3 is 25.0 Å². The molecule has 2 aromatic carbocycles. The summed E-state index contributed by atoms with van der Waals surface area (Å²) >= 11 is 0. The molecule has 1 aliphatic heterocycles. The van der Waals surface area contributed by atoms with Crippen molar-refractivity contribution in [2.45, 2.75) is 0 Å². The van der Waals surface area contributed by atoms with E-state index in [4.69, 9.17) is 15.2 Å². The normalized spacial score (nSPS) is 14.0. The molecule has 0 atom stereocenters. The number of amides is 1. The third kappa shape index (κ3) is 4.43. The second-order valence-electron chi connectivity index (χ2n) is 8.84. The van der Waals surface area contributed by atoms with E-state index in [1.165, 1.54) is 26.6 Å². The van der Waals surface area contributed by atoms with Crippen LogP contribution in [0, 0.1) is 10.1 Å². The number of nitrogens with zero attached hydrogens (tertiary/aromatic N) is 7. The Hall–Kier alpha value is -4.78. The Balaban J connectivity index is 1.64. The minimum absolute atomic E-state index is 0.0294. The van der Waals surface area contributed by atoms with Gasteiger partial charge in [-0.05, 0) is 37.4 Å². The Labute approximate surface area is 217 Å². The number of anilines is 1. The van der Waals surface area contributed by atoms with Crippen LogP contribution in [0.5, 0.6) is 11.5 Å². The van der Waals surface area contributed by atoms with Crippen LogP contribution in [-0.2, 0) is 0 Å². The number of piperazine rings is 1. The van der Waals surface area contributed by atoms with Crippen molar-refractivity contribution >= 4 is 28.4 Å². The number of ether oxygens (including phenoxy) is 2. The molecular formula is C25H26N8O5. The van der Waals surface area contributed by atoms with Gasteiger partial charge in [-0.3, -0.25) is 19.5 Å². The van der Waals surface area contributed by atoms with Crippen LogP contribution in [0.15, 0.2) is 42.7 Å². The molecule has 38 heavy (non-hydrogen) atoms. The van der Waals surface area contributed by atoms with Crippen molar-refractivity contribution in [2.24, 2.45) is 5.73 Å². The summed E-state index contributed by atoms with van der Waals surface area (Å²) in [6, 6.07) is 10.1. The van der Waals surface area contributed by atoms with Gasteiger partial charge in [0.2, 0.25) is 0 Å². The number of benzene rings is 2. The van der Waals surface area contributed by atoms with Crippen LogP contribution in [0.25, 0.3) is 28.2 Å². The third-order valence-electron chi connectivity index (χ3n) is 6.55. The van der Waals surface area contributed by atoms with E-state index in [9.17, 15) is 14.9 Å². The number of carbonyl (C=O) groups is 1. The largest absolute Gasteiger partial charge is 0.493 e. The summed E-state index contributed by atoms with van der Waals surface area (Å²) in [5.41, 5.74) is 7.56. The highest BCUT2D eigenvalue weighted by Gasteiger charge is 2.25. The average Bonchev–Trinajstić information content (AvgIpc) is 3.36. The van der Waals surface area contributed by atoms with Gasteiger partial charge in [0.15, 0.2) is 28.7 Å². The van der Waals surface area contributed by atoms with E-state index in [-0.39, 0.29) is 28.4 Å². The predicted molar refractivity (Wildman–Crippen MR) is 140 cm³/mol. The van der Waals surface area contributed by atoms with Crippen LogP contribution in [0.3, 0.4) is 0 Å². The first-order valence-corrected chi connectivity index (χ1v) is 11.8. The monoisotopic (exact) mass is 518 g/mol. The standard InChI is InChI=1S/C25H26N8O5/c1-30-8-10-31(11-9-30)17-6-5-16(13-18(17)33(35)36)32-14-27-22-21(23(26)34)28-24(29-25(22)32)15-4-7-19(37-2)20(12-15)38-3/h4-7,12-14H,8-11H2,1-3H3,(H2,26,34). The number of fused-ring (bicyclic) bond motifs is 1. The Bertz CT molecular complexity index is 1540. The number of aromatic nitrogens is 4. The smallest absolute Gasteiger partial charge is 0.294 e. The molecule has 4 aromatic rings. The average molecular weight is 519 g/mol. The molecule has 13 heteroatoms. The van der Waals surface area contributed by atoms with Crippen molar-refractivity contribution in [2.75, 3.05) is 52.3 Å². The topological polar surface area (TPSA) is 155 Å². The summed E-state index contributed by atoms with van der Waals surface area (Å²) in [5, 5.41) is 12.0. The van der Waals surface area contributed by atoms with Crippen LogP contribution in [0.2, 0.25) is 0 Å². The molecule has 13 nitrogen and oxygen atoms in total. The van der Waals surface area contributed by atoms with E-state index in [0.29, 0.717) is 41.5 Å². The molecule has 0 aliphatic carbocycles. The van der Waals surface area contributed by atoms with Gasteiger partial charge in [0.05, 0.1) is 24.8 Å². The number of carbonyl (C=O) groups excluding carboxylic acids is 1. The third-order valence-corrected chi connectivity index (χ3v) is 6.55. The Morgan fingerprint density at radius 3 is 2.42 bits per heavy atom. The van der Waals surface area contributed by atoms with E-state index < -0.39 is 10.8 Å². The lowest BCUT2D eigenvalue weighted by Gasteiger charge is -2.33. The SMILES string of the molecule is COc1ccc(-c2nc(C(N)=O)c3ncn(-c4ccc(N5CCN(C)CC5)c([N+](=O)[O-])c4)c3n2)cc1OC. The Kier molecular flexibility index (Phi) is 6.51. The quantitative estimate of drug-likeness (QED) is 0.284. The predicted octanol–water partition coefficient (Wildman–Crippen LogP) is 2.26. The molecule has 0 bridgehead atoms. The first-order chi connectivity index (χ1) is 18.3. The summed E-state index contributed by atoms with van der Waals surface area (Å²) in [7, 11) is 5.06. The number of nitro groups is 1. The second kappa shape index (κ2) is 9.94. The van der Waals surface area contributed by atoms with Crippen molar-refractivity contribution in [3.63, 3.8) is 0 Å². The number of nitrogens with two attached hydrogens (primary N) is 1. The van der Waals surface area contributed by atoms with Crippen molar-refractivity contribution in [3.8, 4) is 28.6 Å². The summed E-state index contributed by atoms with van der Waals surface area (Å²) in [4.78, 5) is 41.5. The molecule has 1 amide bonds. The molecule has 1 aliphatic rings. The minimum Gasteiger partial charge on any atom is -0.493 e. The Morgan fingerprint density at radius 1 is 1.03 bits per heavy atom. The summed E-state index contributed by atoms with van der Waals surface area (Å²) < 4.78 is 12.3. The number of nitro benzene ring substituents is 1. The van der Waals surface area contributed by atoms with Crippen LogP contribution in [0.4, 0.5) is 11.4 Å². The summed E-state index contributed by atoms with van der Waals surface area (Å²) in [6.45, 7) is 3.01. The van der Waals surface area contributed by atoms with Gasteiger partial charge in [-0.25, -0.2) is 15.0 Å². The highest BCUT2D eigenvalue weighted by molar-refractivity contribution is 6.02. The highest BCUT2D eigenvalue weighted by atomic mass is 16.6. The fraction of sp³-hybridized carbons (Fsp3) is 0.280. The highest BCUT2D eigenvalue weighted by Crippen LogP contribution is 2.34. The minimum atomic E-state index is -0.777. The fourth-order valence-corrected chi connectivity index (χ4v) is 4.49. The van der Waals surface area contributed by atoms with Crippen molar-refractivity contribution in [1.82, 2.24) is 24.4 Å². The molecule has 0 spiro atoms. The maximum absolute atomic E-state index is 12.3. The number of likely N-dealkylation sites (N-methyl/N-ethyl adjacent to an activating group) is 1. The van der Waals surface area contributed by atoms with Gasteiger partial charge in [-0.2, -0.15) is 0 Å². The van der Waals surface area contributed by atoms with E-state index >= 15 is 0 Å². The van der Waals surface area contributed by atoms with Crippen molar-refractivity contribution in [1.29, 1.82) is 0 Å². The van der Waals surface area contributed by atoms with E-state index in [2.05, 4.69) is 19.9 Å². The number of primary amides is 1. The molecule has 0 radical (unpaired) electrons. The van der Waals surface area contributed by atoms with Crippen molar-refractivity contribution in [3.05, 3.63) is 58.5 Å². The summed E-state index contributed by atoms with van der Waals surface area (Å²) in [5.74, 6) is 0.404. The number of rotatable bonds is 7. The molecule has 3 heterocycles. The van der Waals surface area contributed by atoms with Crippen LogP contribution >= 0.6 is 0 Å². The first kappa shape index (κ1) is 24.9. The molecule has 1 fully saturated rings. The zero-order valence-corrected chi connectivity index (χ0v) is 21.1. The Morgan fingerprint density at radius 2 is 1.76 bits per heavy atom. The van der Waals surface area contributed by atoms with E-state index in [1.807, 2.05) is 11.9 Å². The summed E-state index contributed by atoms with van der Waals surface area (Å²) in [6.07, 6.45) is 1.44. The van der Waals surface area contributed by atoms with Crippen LogP contribution < -0.4 is 20.1 Å². The molecule has 1 saturated heterocycles. The van der Waals surface area contributed by atoms with Gasteiger partial charge in [-0.15, -0.1) is 0 Å². The van der Waals surface area contributed by atoms with E-state index in [1.54, 1.807) is 34.9 Å². The van der Waals surface area contributed by atoms with Crippen LogP contribution in [0.1, 0.15) is 10.5 Å². The lowest BCUT2D eigenvalue weighted by atomic mass is 10.1. The number of hydrogen-bond donors (Lipinski definition) is 1. The maximum atomic E-state index is 12.3. The fourth-order valence-electron chi connectivity index (χ4n) is 4.49. The molecule has 5 rings (SSSR count). The second-order valence-corrected chi connectivity index (χ2v) is 8.84. The lowest BCUT2D eigenvalue weighted by Crippen LogP contribution is -2.44. The van der Waals surface area contributed by atoms with Gasteiger partial charge in [0, 0.05) is 37.8 Å². The molecule has 196 valence electrons. The van der Waals surface area contributed by atoms with Gasteiger partial charge in [0.25, 0.3) is 11.6 Å². The molecule has 2 N–H and O–H groups in total. The number of hydrogen-bond acceptors (Lipinski definition) is 10. The zero-order chi connectivity index (χ0) is 27.0. The van der Waals surface area contributed by atoms with Crippen LogP contribution in [-0.4, -0.2) is 82.7 Å².